The number of nitrogens with zero attached hydrogens (tertiary/aromatic N) is 3. The zero-order chi connectivity index (χ0) is 17.9. The fourth-order valence-corrected chi connectivity index (χ4v) is 2.52. The first-order valence-electron chi connectivity index (χ1n) is 8.16. The van der Waals surface area contributed by atoms with E-state index < -0.39 is 0 Å². The van der Waals surface area contributed by atoms with Crippen LogP contribution in [0.3, 0.4) is 0 Å². The smallest absolute Gasteiger partial charge is 0.191 e. The van der Waals surface area contributed by atoms with Crippen molar-refractivity contribution in [3.05, 3.63) is 52.4 Å². The van der Waals surface area contributed by atoms with E-state index in [1.165, 1.54) is 0 Å². The van der Waals surface area contributed by atoms with Crippen molar-refractivity contribution in [2.45, 2.75) is 13.3 Å². The van der Waals surface area contributed by atoms with Crippen LogP contribution in [-0.4, -0.2) is 42.1 Å². The summed E-state index contributed by atoms with van der Waals surface area (Å²) >= 11 is 11.9. The van der Waals surface area contributed by atoms with Crippen LogP contribution >= 0.6 is 23.2 Å². The Morgan fingerprint density at radius 3 is 2.76 bits per heavy atom. The molecule has 2 aromatic heterocycles. The Bertz CT molecular complexity index is 678. The van der Waals surface area contributed by atoms with Gasteiger partial charge in [0.05, 0.1) is 10.0 Å². The monoisotopic (exact) mass is 380 g/mol. The molecule has 0 fully saturated rings. The van der Waals surface area contributed by atoms with Gasteiger partial charge >= 0.3 is 0 Å². The van der Waals surface area contributed by atoms with Gasteiger partial charge in [0.25, 0.3) is 0 Å². The Hall–Kier alpha value is -2.05. The van der Waals surface area contributed by atoms with Crippen molar-refractivity contribution >= 4 is 35.0 Å². The number of halogens is 2. The molecule has 134 valence electrons. The van der Waals surface area contributed by atoms with Gasteiger partial charge in [0, 0.05) is 50.7 Å². The van der Waals surface area contributed by atoms with Crippen LogP contribution in [-0.2, 0) is 6.42 Å². The fraction of sp³-hybridized carbons (Fsp3) is 0.353. The van der Waals surface area contributed by atoms with Gasteiger partial charge < -0.3 is 16.0 Å². The first-order chi connectivity index (χ1) is 12.2. The topological polar surface area (TPSA) is 74.2 Å². The van der Waals surface area contributed by atoms with Crippen LogP contribution < -0.4 is 16.0 Å². The number of hydrogen-bond donors (Lipinski definition) is 3. The molecule has 2 heterocycles. The molecule has 0 bridgehead atoms. The number of rotatable bonds is 8. The van der Waals surface area contributed by atoms with Gasteiger partial charge in [0.2, 0.25) is 0 Å². The maximum Gasteiger partial charge on any atom is 0.191 e. The highest BCUT2D eigenvalue weighted by Gasteiger charge is 2.02. The van der Waals surface area contributed by atoms with Crippen LogP contribution in [0.4, 0.5) is 5.82 Å². The predicted molar refractivity (Wildman–Crippen MR) is 105 cm³/mol. The highest BCUT2D eigenvalue weighted by Crippen LogP contribution is 2.21. The van der Waals surface area contributed by atoms with Crippen molar-refractivity contribution < 1.29 is 0 Å². The van der Waals surface area contributed by atoms with Gasteiger partial charge in [-0.05, 0) is 25.1 Å². The third kappa shape index (κ3) is 7.15. The van der Waals surface area contributed by atoms with E-state index in [1.807, 2.05) is 25.1 Å². The number of hydrogen-bond acceptors (Lipinski definition) is 4. The van der Waals surface area contributed by atoms with Gasteiger partial charge in [0.1, 0.15) is 5.82 Å². The minimum Gasteiger partial charge on any atom is -0.367 e. The zero-order valence-electron chi connectivity index (χ0n) is 14.1. The third-order valence-corrected chi connectivity index (χ3v) is 3.72. The molecular weight excluding hydrogens is 359 g/mol. The van der Waals surface area contributed by atoms with Gasteiger partial charge in [-0.2, -0.15) is 0 Å². The first kappa shape index (κ1) is 19.3. The van der Waals surface area contributed by atoms with Crippen LogP contribution in [0.1, 0.15) is 12.6 Å². The lowest BCUT2D eigenvalue weighted by Gasteiger charge is -2.12. The number of aromatic nitrogens is 2. The lowest BCUT2D eigenvalue weighted by atomic mass is 10.3. The van der Waals surface area contributed by atoms with Gasteiger partial charge in [0.15, 0.2) is 5.96 Å². The summed E-state index contributed by atoms with van der Waals surface area (Å²) in [4.78, 5) is 13.0. The van der Waals surface area contributed by atoms with E-state index in [-0.39, 0.29) is 0 Å². The molecule has 0 saturated carbocycles. The van der Waals surface area contributed by atoms with Gasteiger partial charge in [-0.1, -0.05) is 29.3 Å². The van der Waals surface area contributed by atoms with Crippen molar-refractivity contribution in [1.82, 2.24) is 20.6 Å². The summed E-state index contributed by atoms with van der Waals surface area (Å²) < 4.78 is 0. The van der Waals surface area contributed by atoms with E-state index >= 15 is 0 Å². The Balaban J connectivity index is 1.75. The Labute approximate surface area is 158 Å². The average molecular weight is 381 g/mol. The summed E-state index contributed by atoms with van der Waals surface area (Å²) in [5, 5.41) is 10.7. The van der Waals surface area contributed by atoms with Gasteiger partial charge in [-0.3, -0.25) is 9.98 Å². The molecule has 0 aromatic carbocycles. The normalized spacial score (nSPS) is 11.2. The molecule has 2 aromatic rings. The molecule has 0 saturated heterocycles. The fourth-order valence-electron chi connectivity index (χ4n) is 2.08. The molecule has 0 aliphatic rings. The third-order valence-electron chi connectivity index (χ3n) is 3.23. The molecule has 25 heavy (non-hydrogen) atoms. The first-order valence-corrected chi connectivity index (χ1v) is 8.91. The molecule has 8 heteroatoms. The maximum atomic E-state index is 6.08. The SMILES string of the molecule is CCNC(=NCCc1ccccn1)NCCNc1ncc(Cl)cc1Cl. The molecule has 0 aliphatic heterocycles. The van der Waals surface area contributed by atoms with E-state index in [4.69, 9.17) is 23.2 Å². The number of guanidine groups is 1. The van der Waals surface area contributed by atoms with Crippen LogP contribution in [0, 0.1) is 0 Å². The quantitative estimate of drug-likeness (QED) is 0.372. The second kappa shape index (κ2) is 10.7. The number of aliphatic imine (C=N–C) groups is 1. The molecule has 2 rings (SSSR count). The predicted octanol–water partition coefficient (Wildman–Crippen LogP) is 2.99. The largest absolute Gasteiger partial charge is 0.367 e. The molecule has 6 nitrogen and oxygen atoms in total. The van der Waals surface area contributed by atoms with E-state index in [1.54, 1.807) is 18.5 Å². The standard InChI is InChI=1S/C17H22Cl2N6/c1-2-20-17(23-8-6-14-5-3-4-7-21-14)24-10-9-22-16-15(19)11-13(18)12-25-16/h3-5,7,11-12H,2,6,8-10H2,1H3,(H,22,25)(H2,20,23,24). The van der Waals surface area contributed by atoms with Crippen molar-refractivity contribution in [2.24, 2.45) is 4.99 Å². The summed E-state index contributed by atoms with van der Waals surface area (Å²) in [5.74, 6) is 1.39. The molecule has 0 radical (unpaired) electrons. The van der Waals surface area contributed by atoms with Crippen molar-refractivity contribution in [2.75, 3.05) is 31.5 Å². The maximum absolute atomic E-state index is 6.08. The van der Waals surface area contributed by atoms with Crippen LogP contribution in [0.5, 0.6) is 0 Å². The van der Waals surface area contributed by atoms with Crippen molar-refractivity contribution in [1.29, 1.82) is 0 Å². The van der Waals surface area contributed by atoms with E-state index in [2.05, 4.69) is 30.9 Å². The second-order valence-corrected chi connectivity index (χ2v) is 6.01. The molecule has 0 unspecified atom stereocenters. The summed E-state index contributed by atoms with van der Waals surface area (Å²) in [6.45, 7) is 4.83. The number of pyridine rings is 2. The molecule has 0 atom stereocenters. The molecule has 0 amide bonds. The summed E-state index contributed by atoms with van der Waals surface area (Å²) in [6.07, 6.45) is 4.16. The lowest BCUT2D eigenvalue weighted by Crippen LogP contribution is -2.39. The summed E-state index contributed by atoms with van der Waals surface area (Å²) in [6, 6.07) is 7.56. The van der Waals surface area contributed by atoms with Gasteiger partial charge in [-0.25, -0.2) is 4.98 Å². The van der Waals surface area contributed by atoms with Crippen molar-refractivity contribution in [3.63, 3.8) is 0 Å². The van der Waals surface area contributed by atoms with Gasteiger partial charge in [-0.15, -0.1) is 0 Å². The number of nitrogens with one attached hydrogen (secondary N) is 3. The minimum absolute atomic E-state index is 0.503. The Kier molecular flexibility index (Phi) is 8.28. The van der Waals surface area contributed by atoms with E-state index in [0.717, 1.165) is 24.6 Å². The molecule has 3 N–H and O–H groups in total. The molecular formula is C17H22Cl2N6. The Morgan fingerprint density at radius 1 is 1.16 bits per heavy atom. The molecule has 0 aliphatic carbocycles. The summed E-state index contributed by atoms with van der Waals surface area (Å²) in [5.41, 5.74) is 1.03. The second-order valence-electron chi connectivity index (χ2n) is 5.17. The van der Waals surface area contributed by atoms with Crippen LogP contribution in [0.15, 0.2) is 41.7 Å². The van der Waals surface area contributed by atoms with Crippen LogP contribution in [0.25, 0.3) is 0 Å². The van der Waals surface area contributed by atoms with E-state index in [0.29, 0.717) is 35.5 Å². The Morgan fingerprint density at radius 2 is 2.04 bits per heavy atom. The summed E-state index contributed by atoms with van der Waals surface area (Å²) in [7, 11) is 0. The zero-order valence-corrected chi connectivity index (χ0v) is 15.6. The lowest BCUT2D eigenvalue weighted by molar-refractivity contribution is 0.810. The molecule has 0 spiro atoms. The van der Waals surface area contributed by atoms with E-state index in [9.17, 15) is 0 Å². The highest BCUT2D eigenvalue weighted by molar-refractivity contribution is 6.35. The van der Waals surface area contributed by atoms with Crippen LogP contribution in [0.2, 0.25) is 10.0 Å². The number of anilines is 1. The minimum atomic E-state index is 0.503. The van der Waals surface area contributed by atoms with Crippen molar-refractivity contribution in [3.8, 4) is 0 Å². The average Bonchev–Trinajstić information content (AvgIpc) is 2.61. The highest BCUT2D eigenvalue weighted by atomic mass is 35.5.